The molecule has 1 aromatic heterocycles. The summed E-state index contributed by atoms with van der Waals surface area (Å²) in [4.78, 5) is 0. The molecule has 0 aliphatic heterocycles. The Morgan fingerprint density at radius 3 is 2.47 bits per heavy atom. The van der Waals surface area contributed by atoms with E-state index in [0.717, 1.165) is 23.0 Å². The normalized spacial score (nSPS) is 14.1. The second-order valence-electron chi connectivity index (χ2n) is 6.68. The molecule has 104 valence electrons. The lowest BCUT2D eigenvalue weighted by Gasteiger charge is -2.20. The maximum absolute atomic E-state index is 13.8. The van der Waals surface area contributed by atoms with Gasteiger partial charge in [-0.15, -0.1) is 0 Å². The van der Waals surface area contributed by atoms with Gasteiger partial charge in [0, 0.05) is 29.7 Å². The van der Waals surface area contributed by atoms with E-state index in [-0.39, 0.29) is 17.3 Å². The van der Waals surface area contributed by atoms with Gasteiger partial charge >= 0.3 is 0 Å². The van der Waals surface area contributed by atoms with E-state index < -0.39 is 0 Å². The van der Waals surface area contributed by atoms with Crippen LogP contribution in [-0.2, 0) is 6.54 Å². The number of aromatic nitrogens is 1. The Labute approximate surface area is 114 Å². The highest BCUT2D eigenvalue weighted by Gasteiger charge is 2.18. The summed E-state index contributed by atoms with van der Waals surface area (Å²) in [7, 11) is 0. The molecule has 0 spiro atoms. The number of hydrogen-bond acceptors (Lipinski definition) is 1. The van der Waals surface area contributed by atoms with Gasteiger partial charge in [-0.2, -0.15) is 0 Å². The molecule has 3 heteroatoms. The van der Waals surface area contributed by atoms with Crippen LogP contribution in [0, 0.1) is 18.2 Å². The van der Waals surface area contributed by atoms with Crippen LogP contribution in [0.25, 0.3) is 10.9 Å². The highest BCUT2D eigenvalue weighted by Crippen LogP contribution is 2.30. The third-order valence-electron chi connectivity index (χ3n) is 3.33. The zero-order valence-corrected chi connectivity index (χ0v) is 12.4. The predicted octanol–water partition coefficient (Wildman–Crippen LogP) is 4.15. The number of halogens is 1. The maximum Gasteiger partial charge on any atom is 0.126 e. The quantitative estimate of drug-likeness (QED) is 0.865. The minimum absolute atomic E-state index is 0.0918. The van der Waals surface area contributed by atoms with Crippen molar-refractivity contribution in [3.8, 4) is 0 Å². The molecule has 19 heavy (non-hydrogen) atoms. The standard InChI is InChI=1S/C16H23FN2/c1-10-6-15-12(7-14(10)17)13(11(2)18)8-19(15)9-16(3,4)5/h6-8,11H,9,18H2,1-5H3/t11-/m1/s1. The first-order valence-electron chi connectivity index (χ1n) is 6.73. The fourth-order valence-corrected chi connectivity index (χ4v) is 2.45. The van der Waals surface area contributed by atoms with Crippen molar-refractivity contribution in [1.29, 1.82) is 0 Å². The van der Waals surface area contributed by atoms with Gasteiger partial charge < -0.3 is 10.3 Å². The Bertz CT molecular complexity index is 603. The number of nitrogens with two attached hydrogens (primary N) is 1. The molecule has 1 aromatic carbocycles. The molecule has 0 aliphatic rings. The van der Waals surface area contributed by atoms with Crippen LogP contribution >= 0.6 is 0 Å². The fourth-order valence-electron chi connectivity index (χ4n) is 2.45. The number of aryl methyl sites for hydroxylation is 1. The third kappa shape index (κ3) is 2.81. The van der Waals surface area contributed by atoms with Crippen molar-refractivity contribution in [3.63, 3.8) is 0 Å². The highest BCUT2D eigenvalue weighted by molar-refractivity contribution is 5.85. The third-order valence-corrected chi connectivity index (χ3v) is 3.33. The molecular formula is C16H23FN2. The van der Waals surface area contributed by atoms with Crippen molar-refractivity contribution in [2.24, 2.45) is 11.1 Å². The first-order valence-corrected chi connectivity index (χ1v) is 6.73. The number of hydrogen-bond donors (Lipinski definition) is 1. The smallest absolute Gasteiger partial charge is 0.126 e. The van der Waals surface area contributed by atoms with Gasteiger partial charge in [-0.05, 0) is 42.5 Å². The van der Waals surface area contributed by atoms with Gasteiger partial charge in [-0.3, -0.25) is 0 Å². The minimum Gasteiger partial charge on any atom is -0.347 e. The summed E-state index contributed by atoms with van der Waals surface area (Å²) in [5, 5.41) is 0.933. The average Bonchev–Trinajstić information content (AvgIpc) is 2.56. The molecule has 2 N–H and O–H groups in total. The Morgan fingerprint density at radius 2 is 1.95 bits per heavy atom. The molecule has 0 radical (unpaired) electrons. The van der Waals surface area contributed by atoms with Crippen molar-refractivity contribution < 1.29 is 4.39 Å². The lowest BCUT2D eigenvalue weighted by molar-refractivity contribution is 0.349. The fraction of sp³-hybridized carbons (Fsp3) is 0.500. The van der Waals surface area contributed by atoms with Crippen LogP contribution in [-0.4, -0.2) is 4.57 Å². The number of nitrogens with zero attached hydrogens (tertiary/aromatic N) is 1. The number of benzene rings is 1. The topological polar surface area (TPSA) is 30.9 Å². The highest BCUT2D eigenvalue weighted by atomic mass is 19.1. The summed E-state index contributed by atoms with van der Waals surface area (Å²) >= 11 is 0. The summed E-state index contributed by atoms with van der Waals surface area (Å²) in [5.74, 6) is -0.164. The second-order valence-corrected chi connectivity index (χ2v) is 6.68. The van der Waals surface area contributed by atoms with Crippen LogP contribution in [0.2, 0.25) is 0 Å². The SMILES string of the molecule is Cc1cc2c(cc1F)c([C@@H](C)N)cn2CC(C)(C)C. The minimum atomic E-state index is -0.164. The zero-order chi connectivity index (χ0) is 14.4. The number of rotatable bonds is 2. The van der Waals surface area contributed by atoms with E-state index in [0.29, 0.717) is 5.56 Å². The van der Waals surface area contributed by atoms with E-state index in [1.165, 1.54) is 0 Å². The Hall–Kier alpha value is -1.35. The molecule has 0 aliphatic carbocycles. The van der Waals surface area contributed by atoms with E-state index >= 15 is 0 Å². The summed E-state index contributed by atoms with van der Waals surface area (Å²) in [6.07, 6.45) is 2.07. The largest absolute Gasteiger partial charge is 0.347 e. The van der Waals surface area contributed by atoms with Crippen LogP contribution in [0.1, 0.15) is 44.9 Å². The van der Waals surface area contributed by atoms with E-state index in [1.807, 2.05) is 13.0 Å². The Kier molecular flexibility index (Phi) is 3.43. The lowest BCUT2D eigenvalue weighted by Crippen LogP contribution is -2.14. The molecule has 0 fully saturated rings. The van der Waals surface area contributed by atoms with Gasteiger partial charge in [-0.25, -0.2) is 4.39 Å². The maximum atomic E-state index is 13.8. The van der Waals surface area contributed by atoms with E-state index in [2.05, 4.69) is 31.5 Å². The first-order chi connectivity index (χ1) is 8.69. The van der Waals surface area contributed by atoms with Gasteiger partial charge in [0.15, 0.2) is 0 Å². The molecule has 0 amide bonds. The molecule has 2 rings (SSSR count). The van der Waals surface area contributed by atoms with Crippen molar-refractivity contribution >= 4 is 10.9 Å². The molecule has 0 bridgehead atoms. The van der Waals surface area contributed by atoms with Crippen LogP contribution in [0.4, 0.5) is 4.39 Å². The van der Waals surface area contributed by atoms with E-state index in [1.54, 1.807) is 13.0 Å². The van der Waals surface area contributed by atoms with Gasteiger partial charge in [-0.1, -0.05) is 20.8 Å². The molecular weight excluding hydrogens is 239 g/mol. The molecule has 2 aromatic rings. The molecule has 2 nitrogen and oxygen atoms in total. The predicted molar refractivity (Wildman–Crippen MR) is 78.7 cm³/mol. The van der Waals surface area contributed by atoms with Crippen LogP contribution < -0.4 is 5.73 Å². The summed E-state index contributed by atoms with van der Waals surface area (Å²) in [5.41, 5.74) is 8.94. The first kappa shape index (κ1) is 14.1. The molecule has 0 unspecified atom stereocenters. The van der Waals surface area contributed by atoms with Gasteiger partial charge in [0.2, 0.25) is 0 Å². The zero-order valence-electron chi connectivity index (χ0n) is 12.4. The van der Waals surface area contributed by atoms with Gasteiger partial charge in [0.25, 0.3) is 0 Å². The molecule has 0 saturated carbocycles. The molecule has 1 atom stereocenters. The van der Waals surface area contributed by atoms with Crippen LogP contribution in [0.3, 0.4) is 0 Å². The summed E-state index contributed by atoms with van der Waals surface area (Å²) < 4.78 is 16.0. The molecule has 0 saturated heterocycles. The van der Waals surface area contributed by atoms with Gasteiger partial charge in [0.05, 0.1) is 0 Å². The van der Waals surface area contributed by atoms with Crippen molar-refractivity contribution in [1.82, 2.24) is 4.57 Å². The second kappa shape index (κ2) is 4.64. The van der Waals surface area contributed by atoms with Gasteiger partial charge in [0.1, 0.15) is 5.82 Å². The molecule has 1 heterocycles. The van der Waals surface area contributed by atoms with E-state index in [9.17, 15) is 4.39 Å². The lowest BCUT2D eigenvalue weighted by atomic mass is 9.97. The summed E-state index contributed by atoms with van der Waals surface area (Å²) in [6.45, 7) is 11.2. The Morgan fingerprint density at radius 1 is 1.32 bits per heavy atom. The van der Waals surface area contributed by atoms with Crippen molar-refractivity contribution in [2.45, 2.75) is 47.2 Å². The number of fused-ring (bicyclic) bond motifs is 1. The van der Waals surface area contributed by atoms with Crippen LogP contribution in [0.5, 0.6) is 0 Å². The summed E-state index contributed by atoms with van der Waals surface area (Å²) in [6, 6.07) is 3.44. The van der Waals surface area contributed by atoms with Crippen molar-refractivity contribution in [3.05, 3.63) is 35.3 Å². The van der Waals surface area contributed by atoms with Crippen LogP contribution in [0.15, 0.2) is 18.3 Å². The Balaban J connectivity index is 2.68. The average molecular weight is 262 g/mol. The monoisotopic (exact) mass is 262 g/mol. The van der Waals surface area contributed by atoms with E-state index in [4.69, 9.17) is 5.73 Å². The van der Waals surface area contributed by atoms with Crippen molar-refractivity contribution in [2.75, 3.05) is 0 Å².